The molecule has 1 aromatic heterocycles. The number of piperazine rings is 1. The fourth-order valence-corrected chi connectivity index (χ4v) is 4.31. The van der Waals surface area contributed by atoms with Crippen molar-refractivity contribution in [3.8, 4) is 0 Å². The van der Waals surface area contributed by atoms with Gasteiger partial charge in [0.05, 0.1) is 6.61 Å². The highest BCUT2D eigenvalue weighted by molar-refractivity contribution is 6.31. The zero-order chi connectivity index (χ0) is 23.2. The molecule has 0 saturated carbocycles. The first kappa shape index (κ1) is 23.2. The number of anilines is 1. The first-order chi connectivity index (χ1) is 16.0. The highest BCUT2D eigenvalue weighted by Gasteiger charge is 2.25. The summed E-state index contributed by atoms with van der Waals surface area (Å²) in [5.74, 6) is 1.71. The molecule has 0 bridgehead atoms. The number of carbonyl (C=O) groups excluding carboxylic acids is 1. The van der Waals surface area contributed by atoms with E-state index in [4.69, 9.17) is 21.3 Å². The summed E-state index contributed by atoms with van der Waals surface area (Å²) in [5, 5.41) is 0.745. The molecule has 0 N–H and O–H groups in total. The number of carbonyl (C=O) groups is 1. The van der Waals surface area contributed by atoms with Crippen LogP contribution in [-0.4, -0.2) is 53.6 Å². The van der Waals surface area contributed by atoms with Gasteiger partial charge in [0, 0.05) is 48.9 Å². The van der Waals surface area contributed by atoms with Crippen LogP contribution in [0.5, 0.6) is 0 Å². The van der Waals surface area contributed by atoms with Crippen LogP contribution in [0.3, 0.4) is 0 Å². The zero-order valence-corrected chi connectivity index (χ0v) is 19.9. The second kappa shape index (κ2) is 10.8. The molecule has 0 atom stereocenters. The highest BCUT2D eigenvalue weighted by Crippen LogP contribution is 2.27. The van der Waals surface area contributed by atoms with Crippen molar-refractivity contribution < 1.29 is 9.53 Å². The van der Waals surface area contributed by atoms with Gasteiger partial charge in [0.25, 0.3) is 0 Å². The maximum atomic E-state index is 12.6. The Kier molecular flexibility index (Phi) is 7.57. The molecule has 1 fully saturated rings. The molecule has 0 unspecified atom stereocenters. The summed E-state index contributed by atoms with van der Waals surface area (Å²) in [6.07, 6.45) is 0.674. The summed E-state index contributed by atoms with van der Waals surface area (Å²) >= 11 is 6.42. The van der Waals surface area contributed by atoms with Crippen molar-refractivity contribution in [2.24, 2.45) is 0 Å². The fourth-order valence-electron chi connectivity index (χ4n) is 4.11. The predicted molar refractivity (Wildman–Crippen MR) is 131 cm³/mol. The molecule has 2 aromatic carbocycles. The molecule has 172 valence electrons. The molecule has 1 aliphatic heterocycles. The van der Waals surface area contributed by atoms with Gasteiger partial charge in [-0.3, -0.25) is 4.79 Å². The maximum Gasteiger partial charge on any atom is 0.248 e. The SMILES string of the molecule is Cc1nc(C)c(Cc2ccccc2Cl)c(N2CCN(C(=O)COCc3ccccc3)CC2)n1. The third-order valence-corrected chi connectivity index (χ3v) is 6.27. The number of amides is 1. The Labute approximate surface area is 200 Å². The van der Waals surface area contributed by atoms with Gasteiger partial charge in [-0.25, -0.2) is 9.97 Å². The molecule has 0 spiro atoms. The number of hydrogen-bond acceptors (Lipinski definition) is 5. The normalized spacial score (nSPS) is 13.9. The maximum absolute atomic E-state index is 12.6. The van der Waals surface area contributed by atoms with E-state index in [1.54, 1.807) is 0 Å². The van der Waals surface area contributed by atoms with Crippen molar-refractivity contribution in [2.75, 3.05) is 37.7 Å². The van der Waals surface area contributed by atoms with Crippen molar-refractivity contribution in [3.63, 3.8) is 0 Å². The van der Waals surface area contributed by atoms with Crippen LogP contribution in [0.15, 0.2) is 54.6 Å². The van der Waals surface area contributed by atoms with Crippen molar-refractivity contribution in [1.82, 2.24) is 14.9 Å². The van der Waals surface area contributed by atoms with Gasteiger partial charge in [0.15, 0.2) is 0 Å². The van der Waals surface area contributed by atoms with Crippen LogP contribution in [0.1, 0.15) is 28.2 Å². The third kappa shape index (κ3) is 5.89. The number of halogens is 1. The summed E-state index contributed by atoms with van der Waals surface area (Å²) in [4.78, 5) is 26.1. The summed E-state index contributed by atoms with van der Waals surface area (Å²) in [6.45, 7) is 7.19. The number of rotatable bonds is 7. The molecule has 4 rings (SSSR count). The van der Waals surface area contributed by atoms with Gasteiger partial charge in [-0.05, 0) is 31.0 Å². The zero-order valence-electron chi connectivity index (χ0n) is 19.1. The Balaban J connectivity index is 1.39. The lowest BCUT2D eigenvalue weighted by molar-refractivity contribution is -0.136. The van der Waals surface area contributed by atoms with E-state index in [0.29, 0.717) is 26.1 Å². The smallest absolute Gasteiger partial charge is 0.248 e. The fraction of sp³-hybridized carbons (Fsp3) is 0.346. The van der Waals surface area contributed by atoms with Crippen molar-refractivity contribution in [2.45, 2.75) is 26.9 Å². The van der Waals surface area contributed by atoms with E-state index in [1.807, 2.05) is 73.3 Å². The minimum absolute atomic E-state index is 0.0249. The summed E-state index contributed by atoms with van der Waals surface area (Å²) in [7, 11) is 0. The topological polar surface area (TPSA) is 58.6 Å². The first-order valence-corrected chi connectivity index (χ1v) is 11.6. The van der Waals surface area contributed by atoms with Gasteiger partial charge in [-0.2, -0.15) is 0 Å². The summed E-state index contributed by atoms with van der Waals surface area (Å²) in [6, 6.07) is 17.8. The number of ether oxygens (including phenoxy) is 1. The van der Waals surface area contributed by atoms with Crippen molar-refractivity contribution in [3.05, 3.63) is 87.8 Å². The minimum Gasteiger partial charge on any atom is -0.367 e. The Hall–Kier alpha value is -2.96. The second-order valence-corrected chi connectivity index (χ2v) is 8.68. The highest BCUT2D eigenvalue weighted by atomic mass is 35.5. The first-order valence-electron chi connectivity index (χ1n) is 11.2. The quantitative estimate of drug-likeness (QED) is 0.524. The minimum atomic E-state index is 0.0249. The van der Waals surface area contributed by atoms with E-state index in [9.17, 15) is 4.79 Å². The summed E-state index contributed by atoms with van der Waals surface area (Å²) in [5.41, 5.74) is 4.17. The standard InChI is InChI=1S/C26H29ClN4O2/c1-19-23(16-22-10-6-7-11-24(22)27)26(29-20(2)28-19)31-14-12-30(13-15-31)25(32)18-33-17-21-8-4-3-5-9-21/h3-11H,12-18H2,1-2H3. The van der Waals surface area contributed by atoms with E-state index in [0.717, 1.165) is 52.1 Å². The molecule has 0 radical (unpaired) electrons. The number of aromatic nitrogens is 2. The van der Waals surface area contributed by atoms with Gasteiger partial charge in [0.1, 0.15) is 18.2 Å². The average molecular weight is 465 g/mol. The molecular weight excluding hydrogens is 436 g/mol. The van der Waals surface area contributed by atoms with E-state index in [-0.39, 0.29) is 12.5 Å². The molecule has 1 amide bonds. The lowest BCUT2D eigenvalue weighted by atomic mass is 10.0. The van der Waals surface area contributed by atoms with Crippen LogP contribution in [0, 0.1) is 13.8 Å². The van der Waals surface area contributed by atoms with Crippen LogP contribution in [0.2, 0.25) is 5.02 Å². The number of hydrogen-bond donors (Lipinski definition) is 0. The molecular formula is C26H29ClN4O2. The van der Waals surface area contributed by atoms with Crippen LogP contribution in [-0.2, 0) is 22.6 Å². The Morgan fingerprint density at radius 1 is 0.970 bits per heavy atom. The van der Waals surface area contributed by atoms with Crippen molar-refractivity contribution >= 4 is 23.3 Å². The molecule has 2 heterocycles. The molecule has 33 heavy (non-hydrogen) atoms. The number of nitrogens with zero attached hydrogens (tertiary/aromatic N) is 4. The molecule has 7 heteroatoms. The van der Waals surface area contributed by atoms with Gasteiger partial charge in [-0.1, -0.05) is 60.1 Å². The molecule has 6 nitrogen and oxygen atoms in total. The van der Waals surface area contributed by atoms with E-state index < -0.39 is 0 Å². The Bertz CT molecular complexity index is 1100. The van der Waals surface area contributed by atoms with Gasteiger partial charge >= 0.3 is 0 Å². The van der Waals surface area contributed by atoms with Crippen LogP contribution < -0.4 is 4.90 Å². The molecule has 0 aliphatic carbocycles. The number of aryl methyl sites for hydroxylation is 2. The predicted octanol–water partition coefficient (Wildman–Crippen LogP) is 4.20. The van der Waals surface area contributed by atoms with E-state index >= 15 is 0 Å². The van der Waals surface area contributed by atoms with Gasteiger partial charge in [0.2, 0.25) is 5.91 Å². The lowest BCUT2D eigenvalue weighted by Crippen LogP contribution is -2.50. The van der Waals surface area contributed by atoms with E-state index in [1.165, 1.54) is 0 Å². The molecule has 3 aromatic rings. The summed E-state index contributed by atoms with van der Waals surface area (Å²) < 4.78 is 5.64. The van der Waals surface area contributed by atoms with Gasteiger partial charge in [-0.15, -0.1) is 0 Å². The van der Waals surface area contributed by atoms with Crippen LogP contribution >= 0.6 is 11.6 Å². The molecule has 1 saturated heterocycles. The Morgan fingerprint density at radius 2 is 1.67 bits per heavy atom. The monoisotopic (exact) mass is 464 g/mol. The number of benzene rings is 2. The average Bonchev–Trinajstić information content (AvgIpc) is 2.82. The van der Waals surface area contributed by atoms with Crippen molar-refractivity contribution in [1.29, 1.82) is 0 Å². The second-order valence-electron chi connectivity index (χ2n) is 8.27. The Morgan fingerprint density at radius 3 is 2.39 bits per heavy atom. The van der Waals surface area contributed by atoms with Crippen LogP contribution in [0.4, 0.5) is 5.82 Å². The lowest BCUT2D eigenvalue weighted by Gasteiger charge is -2.36. The van der Waals surface area contributed by atoms with Crippen LogP contribution in [0.25, 0.3) is 0 Å². The largest absolute Gasteiger partial charge is 0.367 e. The third-order valence-electron chi connectivity index (χ3n) is 5.90. The molecule has 1 aliphatic rings. The van der Waals surface area contributed by atoms with E-state index in [2.05, 4.69) is 9.88 Å². The van der Waals surface area contributed by atoms with Gasteiger partial charge < -0.3 is 14.5 Å².